The lowest BCUT2D eigenvalue weighted by Crippen LogP contribution is -2.54. The number of nitrogens with two attached hydrogens (primary N) is 1. The molecule has 1 aromatic carbocycles. The number of benzene rings is 1. The number of hydrogen-bond donors (Lipinski definition) is 1. The van der Waals surface area contributed by atoms with Crippen molar-refractivity contribution in [3.63, 3.8) is 0 Å². The quantitative estimate of drug-likeness (QED) is 0.853. The molecule has 0 bridgehead atoms. The Morgan fingerprint density at radius 1 is 1.39 bits per heavy atom. The fourth-order valence-electron chi connectivity index (χ4n) is 2.63. The van der Waals surface area contributed by atoms with E-state index in [-0.39, 0.29) is 42.2 Å². The largest absolute Gasteiger partial charge is 0.484 e. The minimum Gasteiger partial charge on any atom is -0.484 e. The number of rotatable bonds is 4. The van der Waals surface area contributed by atoms with E-state index in [4.69, 9.17) is 10.5 Å². The van der Waals surface area contributed by atoms with Gasteiger partial charge in [0.05, 0.1) is 0 Å². The molecule has 0 aromatic heterocycles. The summed E-state index contributed by atoms with van der Waals surface area (Å²) in [5.74, 6) is 0.464. The van der Waals surface area contributed by atoms with E-state index < -0.39 is 0 Å². The number of nitrogens with zero attached hydrogens (tertiary/aromatic N) is 1. The Balaban J connectivity index is 0.00000264. The van der Waals surface area contributed by atoms with Gasteiger partial charge in [0.25, 0.3) is 5.91 Å². The second kappa shape index (κ2) is 7.79. The first-order valence-corrected chi connectivity index (χ1v) is 7.57. The highest BCUT2D eigenvalue weighted by Gasteiger charge is 2.35. The average molecular weight is 341 g/mol. The summed E-state index contributed by atoms with van der Waals surface area (Å²) in [4.78, 5) is 25.4. The van der Waals surface area contributed by atoms with Crippen LogP contribution in [0.4, 0.5) is 0 Å². The molecule has 1 saturated heterocycles. The van der Waals surface area contributed by atoms with Crippen LogP contribution in [0.3, 0.4) is 0 Å². The Labute approximate surface area is 143 Å². The van der Waals surface area contributed by atoms with E-state index in [1.807, 2.05) is 0 Å². The van der Waals surface area contributed by atoms with Crippen LogP contribution in [-0.2, 0) is 4.79 Å². The zero-order valence-electron chi connectivity index (χ0n) is 13.9. The van der Waals surface area contributed by atoms with Gasteiger partial charge in [-0.25, -0.2) is 0 Å². The zero-order chi connectivity index (χ0) is 16.3. The van der Waals surface area contributed by atoms with Crippen LogP contribution in [0.15, 0.2) is 24.3 Å². The van der Waals surface area contributed by atoms with Crippen molar-refractivity contribution < 1.29 is 14.3 Å². The molecular weight excluding hydrogens is 316 g/mol. The molecule has 23 heavy (non-hydrogen) atoms. The number of carbonyl (C=O) groups excluding carboxylic acids is 2. The molecule has 0 spiro atoms. The van der Waals surface area contributed by atoms with Crippen molar-refractivity contribution in [3.05, 3.63) is 29.8 Å². The molecule has 1 fully saturated rings. The number of carbonyl (C=O) groups is 2. The van der Waals surface area contributed by atoms with Crippen molar-refractivity contribution in [2.45, 2.75) is 33.2 Å². The maximum Gasteiger partial charge on any atom is 0.260 e. The second-order valence-corrected chi connectivity index (χ2v) is 6.57. The molecule has 1 heterocycles. The van der Waals surface area contributed by atoms with Crippen LogP contribution in [0.25, 0.3) is 0 Å². The summed E-state index contributed by atoms with van der Waals surface area (Å²) in [6, 6.07) is 7.00. The molecule has 1 aliphatic rings. The number of hydrogen-bond acceptors (Lipinski definition) is 4. The molecule has 0 saturated carbocycles. The maximum absolute atomic E-state index is 12.3. The van der Waals surface area contributed by atoms with Gasteiger partial charge >= 0.3 is 0 Å². The molecule has 5 nitrogen and oxygen atoms in total. The van der Waals surface area contributed by atoms with Gasteiger partial charge in [-0.1, -0.05) is 26.0 Å². The topological polar surface area (TPSA) is 72.6 Å². The first-order valence-electron chi connectivity index (χ1n) is 7.57. The number of ether oxygens (including phenoxy) is 1. The normalized spacial score (nSPS) is 19.7. The highest BCUT2D eigenvalue weighted by atomic mass is 35.5. The van der Waals surface area contributed by atoms with Crippen molar-refractivity contribution in [1.82, 2.24) is 4.90 Å². The average Bonchev–Trinajstić information content (AvgIpc) is 2.47. The molecule has 128 valence electrons. The molecule has 1 amide bonds. The van der Waals surface area contributed by atoms with Gasteiger partial charge in [-0.15, -0.1) is 12.4 Å². The smallest absolute Gasteiger partial charge is 0.260 e. The fourth-order valence-corrected chi connectivity index (χ4v) is 2.63. The van der Waals surface area contributed by atoms with Gasteiger partial charge in [0.1, 0.15) is 5.75 Å². The lowest BCUT2D eigenvalue weighted by Gasteiger charge is -2.42. The number of ketones is 1. The third kappa shape index (κ3) is 4.94. The van der Waals surface area contributed by atoms with Crippen LogP contribution in [0, 0.1) is 5.41 Å². The maximum atomic E-state index is 12.3. The van der Waals surface area contributed by atoms with E-state index in [1.165, 1.54) is 6.92 Å². The number of Topliss-reactive ketones (excluding diaryl/α,β-unsaturated/α-hetero) is 1. The predicted molar refractivity (Wildman–Crippen MR) is 92.1 cm³/mol. The molecule has 2 rings (SSSR count). The van der Waals surface area contributed by atoms with Gasteiger partial charge in [-0.05, 0) is 30.9 Å². The SMILES string of the molecule is CC(=O)c1cccc(OCC(=O)N2CCC(N)C(C)(C)C2)c1.Cl. The van der Waals surface area contributed by atoms with Gasteiger partial charge in [0.15, 0.2) is 12.4 Å². The van der Waals surface area contributed by atoms with Gasteiger partial charge in [-0.3, -0.25) is 9.59 Å². The van der Waals surface area contributed by atoms with E-state index in [0.29, 0.717) is 24.4 Å². The van der Waals surface area contributed by atoms with Crippen LogP contribution in [0.2, 0.25) is 0 Å². The van der Waals surface area contributed by atoms with Crippen molar-refractivity contribution in [1.29, 1.82) is 0 Å². The lowest BCUT2D eigenvalue weighted by molar-refractivity contribution is -0.136. The Morgan fingerprint density at radius 2 is 2.09 bits per heavy atom. The fraction of sp³-hybridized carbons (Fsp3) is 0.529. The van der Waals surface area contributed by atoms with Gasteiger partial charge in [-0.2, -0.15) is 0 Å². The standard InChI is InChI=1S/C17H24N2O3.ClH/c1-12(20)13-5-4-6-14(9-13)22-10-16(21)19-8-7-15(18)17(2,3)11-19;/h4-6,9,15H,7-8,10-11,18H2,1-3H3;1H. The number of likely N-dealkylation sites (tertiary alicyclic amines) is 1. The summed E-state index contributed by atoms with van der Waals surface area (Å²) < 4.78 is 5.53. The highest BCUT2D eigenvalue weighted by Crippen LogP contribution is 2.27. The van der Waals surface area contributed by atoms with Crippen molar-refractivity contribution in [2.24, 2.45) is 11.1 Å². The van der Waals surface area contributed by atoms with Gasteiger partial charge in [0.2, 0.25) is 0 Å². The van der Waals surface area contributed by atoms with Gasteiger partial charge < -0.3 is 15.4 Å². The Morgan fingerprint density at radius 3 is 2.70 bits per heavy atom. The Kier molecular flexibility index (Phi) is 6.59. The van der Waals surface area contributed by atoms with Crippen LogP contribution >= 0.6 is 12.4 Å². The molecule has 6 heteroatoms. The highest BCUT2D eigenvalue weighted by molar-refractivity contribution is 5.94. The molecule has 1 atom stereocenters. The number of halogens is 1. The number of piperidine rings is 1. The molecule has 2 N–H and O–H groups in total. The van der Waals surface area contributed by atoms with Crippen LogP contribution in [0.5, 0.6) is 5.75 Å². The molecule has 1 unspecified atom stereocenters. The van der Waals surface area contributed by atoms with Gasteiger partial charge in [0, 0.05) is 24.7 Å². The van der Waals surface area contributed by atoms with Crippen molar-refractivity contribution in [3.8, 4) is 5.75 Å². The first kappa shape index (κ1) is 19.5. The van der Waals surface area contributed by atoms with E-state index in [0.717, 1.165) is 6.42 Å². The Hall–Kier alpha value is -1.59. The van der Waals surface area contributed by atoms with E-state index in [9.17, 15) is 9.59 Å². The van der Waals surface area contributed by atoms with Crippen molar-refractivity contribution >= 4 is 24.1 Å². The summed E-state index contributed by atoms with van der Waals surface area (Å²) in [6.45, 7) is 6.95. The molecule has 0 aliphatic carbocycles. The third-order valence-corrected chi connectivity index (χ3v) is 4.27. The minimum absolute atomic E-state index is 0. The Bertz CT molecular complexity index is 575. The summed E-state index contributed by atoms with van der Waals surface area (Å²) in [5, 5.41) is 0. The minimum atomic E-state index is -0.0809. The van der Waals surface area contributed by atoms with Crippen LogP contribution in [0.1, 0.15) is 37.6 Å². The molecule has 0 radical (unpaired) electrons. The van der Waals surface area contributed by atoms with E-state index >= 15 is 0 Å². The third-order valence-electron chi connectivity index (χ3n) is 4.27. The second-order valence-electron chi connectivity index (χ2n) is 6.57. The lowest BCUT2D eigenvalue weighted by atomic mass is 9.80. The zero-order valence-corrected chi connectivity index (χ0v) is 14.7. The van der Waals surface area contributed by atoms with Crippen LogP contribution in [-0.4, -0.2) is 42.3 Å². The monoisotopic (exact) mass is 340 g/mol. The van der Waals surface area contributed by atoms with Crippen LogP contribution < -0.4 is 10.5 Å². The summed E-state index contributed by atoms with van der Waals surface area (Å²) >= 11 is 0. The summed E-state index contributed by atoms with van der Waals surface area (Å²) in [7, 11) is 0. The van der Waals surface area contributed by atoms with Crippen molar-refractivity contribution in [2.75, 3.05) is 19.7 Å². The van der Waals surface area contributed by atoms with E-state index in [1.54, 1.807) is 29.2 Å². The molecule has 1 aliphatic heterocycles. The molecular formula is C17H25ClN2O3. The first-order chi connectivity index (χ1) is 10.3. The summed E-state index contributed by atoms with van der Waals surface area (Å²) in [5.41, 5.74) is 6.58. The van der Waals surface area contributed by atoms with E-state index in [2.05, 4.69) is 13.8 Å². The number of amides is 1. The molecule has 1 aromatic rings. The summed E-state index contributed by atoms with van der Waals surface area (Å²) in [6.07, 6.45) is 0.804. The predicted octanol–water partition coefficient (Wildman–Crippen LogP) is 2.28.